The highest BCUT2D eigenvalue weighted by molar-refractivity contribution is 5.83. The highest BCUT2D eigenvalue weighted by Crippen LogP contribution is 2.29. The fourth-order valence-corrected chi connectivity index (χ4v) is 2.64. The lowest BCUT2D eigenvalue weighted by Crippen LogP contribution is -2.32. The van der Waals surface area contributed by atoms with E-state index in [2.05, 4.69) is 27.7 Å². The second-order valence-corrected chi connectivity index (χ2v) is 7.30. The Hall–Kier alpha value is -1.29. The molecule has 0 aliphatic heterocycles. The molecular formula is C20H35O4+. The van der Waals surface area contributed by atoms with E-state index in [0.29, 0.717) is 30.8 Å². The molecule has 0 spiro atoms. The van der Waals surface area contributed by atoms with Gasteiger partial charge in [-0.25, -0.2) is 0 Å². The Kier molecular flexibility index (Phi) is 11.5. The zero-order valence-corrected chi connectivity index (χ0v) is 16.4. The zero-order chi connectivity index (χ0) is 18.7. The largest absolute Gasteiger partial charge is 0.500 e. The number of Topliss-reactive ketones (excluding diaryl/α,β-unsaturated/α-hetero) is 1. The van der Waals surface area contributed by atoms with E-state index in [1.54, 1.807) is 13.8 Å². The summed E-state index contributed by atoms with van der Waals surface area (Å²) < 4.78 is 10.6. The molecule has 2 atom stereocenters. The van der Waals surface area contributed by atoms with Crippen LogP contribution in [0.1, 0.15) is 61.3 Å². The molecule has 0 radical (unpaired) electrons. The molecule has 0 rings (SSSR count). The van der Waals surface area contributed by atoms with Gasteiger partial charge in [-0.1, -0.05) is 39.8 Å². The molecule has 0 saturated carbocycles. The van der Waals surface area contributed by atoms with Gasteiger partial charge in [0.1, 0.15) is 5.78 Å². The first-order valence-corrected chi connectivity index (χ1v) is 8.89. The number of ketones is 1. The van der Waals surface area contributed by atoms with Crippen molar-refractivity contribution < 1.29 is 19.1 Å². The molecule has 0 aromatic carbocycles. The summed E-state index contributed by atoms with van der Waals surface area (Å²) in [5.41, 5.74) is 0. The van der Waals surface area contributed by atoms with Gasteiger partial charge in [0.25, 0.3) is 0 Å². The molecule has 4 heteroatoms. The lowest BCUT2D eigenvalue weighted by molar-refractivity contribution is -0.156. The molecule has 0 fully saturated rings. The molecular weight excluding hydrogens is 304 g/mol. The van der Waals surface area contributed by atoms with Gasteiger partial charge in [0.15, 0.2) is 6.79 Å². The van der Waals surface area contributed by atoms with Crippen LogP contribution in [0.15, 0.2) is 12.2 Å². The number of hydrogen-bond acceptors (Lipinski definition) is 4. The fourth-order valence-electron chi connectivity index (χ4n) is 2.64. The molecule has 138 valence electrons. The molecule has 0 saturated heterocycles. The Balaban J connectivity index is 4.79. The van der Waals surface area contributed by atoms with E-state index < -0.39 is 0 Å². The van der Waals surface area contributed by atoms with Crippen molar-refractivity contribution in [3.63, 3.8) is 0 Å². The maximum Gasteiger partial charge on any atom is 0.500 e. The normalized spacial score (nSPS) is 14.2. The third-order valence-electron chi connectivity index (χ3n) is 4.06. The first-order chi connectivity index (χ1) is 11.2. The molecule has 0 N–H and O–H groups in total. The van der Waals surface area contributed by atoms with Gasteiger partial charge in [0.2, 0.25) is 5.92 Å². The summed E-state index contributed by atoms with van der Waals surface area (Å²) >= 11 is 0. The van der Waals surface area contributed by atoms with Crippen molar-refractivity contribution in [1.29, 1.82) is 0 Å². The molecule has 2 unspecified atom stereocenters. The van der Waals surface area contributed by atoms with E-state index in [-0.39, 0.29) is 30.4 Å². The van der Waals surface area contributed by atoms with Crippen LogP contribution >= 0.6 is 0 Å². The highest BCUT2D eigenvalue weighted by atomic mass is 16.7. The quantitative estimate of drug-likeness (QED) is 0.172. The summed E-state index contributed by atoms with van der Waals surface area (Å²) in [5, 5.41) is 0. The highest BCUT2D eigenvalue weighted by Gasteiger charge is 2.31. The van der Waals surface area contributed by atoms with E-state index in [9.17, 15) is 9.59 Å². The van der Waals surface area contributed by atoms with Crippen molar-refractivity contribution in [2.75, 3.05) is 13.4 Å². The molecule has 0 aromatic heterocycles. The SMILES string of the molecule is CC=CCC(=O)C(CC(C)C)C(COCOC(=O)[C+](C)C)C(C)C. The maximum absolute atomic E-state index is 12.6. The molecule has 0 aliphatic carbocycles. The maximum atomic E-state index is 12.6. The van der Waals surface area contributed by atoms with Crippen LogP contribution in [0.25, 0.3) is 0 Å². The van der Waals surface area contributed by atoms with Crippen LogP contribution in [0.4, 0.5) is 0 Å². The van der Waals surface area contributed by atoms with Crippen LogP contribution in [0.3, 0.4) is 0 Å². The van der Waals surface area contributed by atoms with Crippen LogP contribution in [-0.2, 0) is 19.1 Å². The van der Waals surface area contributed by atoms with Gasteiger partial charge in [-0.05, 0) is 31.1 Å². The Bertz CT molecular complexity index is 396. The standard InChI is InChI=1S/C20H35O4/c1-8-9-10-19(21)17(11-14(2)3)18(15(4)5)12-23-13-24-20(22)16(6)7/h8-9,14-15,17-18H,10-13H2,1-7H3/q+1. The summed E-state index contributed by atoms with van der Waals surface area (Å²) in [6.45, 7) is 14.2. The van der Waals surface area contributed by atoms with E-state index in [1.807, 2.05) is 19.1 Å². The number of carbonyl (C=O) groups excluding carboxylic acids is 2. The second kappa shape index (κ2) is 12.1. The number of rotatable bonds is 12. The van der Waals surface area contributed by atoms with Crippen molar-refractivity contribution in [3.05, 3.63) is 18.1 Å². The topological polar surface area (TPSA) is 52.6 Å². The van der Waals surface area contributed by atoms with Gasteiger partial charge < -0.3 is 9.47 Å². The smallest absolute Gasteiger partial charge is 0.403 e. The average molecular weight is 339 g/mol. The fraction of sp³-hybridized carbons (Fsp3) is 0.750. The van der Waals surface area contributed by atoms with Gasteiger partial charge in [-0.2, -0.15) is 4.79 Å². The van der Waals surface area contributed by atoms with Crippen molar-refractivity contribution in [1.82, 2.24) is 0 Å². The van der Waals surface area contributed by atoms with Crippen LogP contribution in [0.2, 0.25) is 0 Å². The van der Waals surface area contributed by atoms with E-state index in [4.69, 9.17) is 9.47 Å². The minimum absolute atomic E-state index is 0.0311. The van der Waals surface area contributed by atoms with Crippen LogP contribution < -0.4 is 0 Å². The van der Waals surface area contributed by atoms with Crippen molar-refractivity contribution in [2.45, 2.75) is 61.3 Å². The molecule has 4 nitrogen and oxygen atoms in total. The summed E-state index contributed by atoms with van der Waals surface area (Å²) in [5.74, 6) is 1.36. The molecule has 0 aromatic rings. The Morgan fingerprint density at radius 1 is 1.12 bits per heavy atom. The number of esters is 1. The van der Waals surface area contributed by atoms with Gasteiger partial charge in [-0.15, -0.1) is 0 Å². The van der Waals surface area contributed by atoms with Gasteiger partial charge in [0, 0.05) is 12.3 Å². The Morgan fingerprint density at radius 3 is 2.21 bits per heavy atom. The van der Waals surface area contributed by atoms with Crippen LogP contribution in [0.5, 0.6) is 0 Å². The number of carbonyl (C=O) groups is 2. The summed E-state index contributed by atoms with van der Waals surface area (Å²) in [6, 6.07) is 0. The first kappa shape index (κ1) is 22.7. The monoisotopic (exact) mass is 339 g/mol. The number of ether oxygens (including phenoxy) is 2. The van der Waals surface area contributed by atoms with Crippen molar-refractivity contribution >= 4 is 11.8 Å². The summed E-state index contributed by atoms with van der Waals surface area (Å²) in [7, 11) is 0. The van der Waals surface area contributed by atoms with E-state index in [1.165, 1.54) is 0 Å². The predicted octanol–water partition coefficient (Wildman–Crippen LogP) is 4.59. The third-order valence-corrected chi connectivity index (χ3v) is 4.06. The molecule has 0 bridgehead atoms. The summed E-state index contributed by atoms with van der Waals surface area (Å²) in [4.78, 5) is 24.0. The second-order valence-electron chi connectivity index (χ2n) is 7.30. The molecule has 0 heterocycles. The molecule has 24 heavy (non-hydrogen) atoms. The lowest BCUT2D eigenvalue weighted by Gasteiger charge is -2.30. The number of allylic oxidation sites excluding steroid dienone is 2. The van der Waals surface area contributed by atoms with Crippen LogP contribution in [-0.4, -0.2) is 25.2 Å². The average Bonchev–Trinajstić information content (AvgIpc) is 2.49. The number of hydrogen-bond donors (Lipinski definition) is 0. The summed E-state index contributed by atoms with van der Waals surface area (Å²) in [6.07, 6.45) is 5.14. The van der Waals surface area contributed by atoms with E-state index in [0.717, 1.165) is 6.42 Å². The van der Waals surface area contributed by atoms with Crippen molar-refractivity contribution in [2.24, 2.45) is 23.7 Å². The van der Waals surface area contributed by atoms with Crippen LogP contribution in [0, 0.1) is 29.6 Å². The minimum atomic E-state index is -0.348. The van der Waals surface area contributed by atoms with Crippen molar-refractivity contribution in [3.8, 4) is 0 Å². The minimum Gasteiger partial charge on any atom is -0.403 e. The first-order valence-electron chi connectivity index (χ1n) is 8.89. The zero-order valence-electron chi connectivity index (χ0n) is 16.4. The van der Waals surface area contributed by atoms with Gasteiger partial charge in [-0.3, -0.25) is 4.79 Å². The Morgan fingerprint density at radius 2 is 1.75 bits per heavy atom. The predicted molar refractivity (Wildman–Crippen MR) is 97.2 cm³/mol. The van der Waals surface area contributed by atoms with E-state index >= 15 is 0 Å². The van der Waals surface area contributed by atoms with Gasteiger partial charge in [0.05, 0.1) is 20.5 Å². The lowest BCUT2D eigenvalue weighted by atomic mass is 9.76. The molecule has 0 amide bonds. The Labute approximate surface area is 148 Å². The molecule has 0 aliphatic rings. The van der Waals surface area contributed by atoms with Gasteiger partial charge >= 0.3 is 5.97 Å². The third kappa shape index (κ3) is 9.11.